The highest BCUT2D eigenvalue weighted by atomic mass is 16.5. The van der Waals surface area contributed by atoms with E-state index >= 15 is 0 Å². The zero-order valence-electron chi connectivity index (χ0n) is 10.5. The first-order valence-corrected chi connectivity index (χ1v) is 5.51. The van der Waals surface area contributed by atoms with Gasteiger partial charge in [0.2, 0.25) is 5.91 Å². The lowest BCUT2D eigenvalue weighted by molar-refractivity contribution is -0.118. The second kappa shape index (κ2) is 6.59. The quantitative estimate of drug-likeness (QED) is 0.637. The Hall–Kier alpha value is -1.95. The Morgan fingerprint density at radius 3 is 2.82 bits per heavy atom. The van der Waals surface area contributed by atoms with E-state index in [0.717, 1.165) is 16.9 Å². The lowest BCUT2D eigenvalue weighted by atomic mass is 10.1. The molecule has 0 radical (unpaired) electrons. The highest BCUT2D eigenvalue weighted by molar-refractivity contribution is 5.72. The number of rotatable bonds is 3. The third kappa shape index (κ3) is 4.60. The van der Waals surface area contributed by atoms with Gasteiger partial charge in [0.25, 0.3) is 0 Å². The molecule has 17 heavy (non-hydrogen) atoms. The molecule has 0 bridgehead atoms. The van der Waals surface area contributed by atoms with Crippen molar-refractivity contribution in [2.24, 2.45) is 0 Å². The average Bonchev–Trinajstić information content (AvgIpc) is 2.28. The van der Waals surface area contributed by atoms with Crippen LogP contribution >= 0.6 is 0 Å². The molecule has 1 aromatic rings. The van der Waals surface area contributed by atoms with Gasteiger partial charge in [0.1, 0.15) is 5.75 Å². The van der Waals surface area contributed by atoms with Crippen LogP contribution in [0.3, 0.4) is 0 Å². The van der Waals surface area contributed by atoms with Gasteiger partial charge in [-0.15, -0.1) is 0 Å². The van der Waals surface area contributed by atoms with Crippen LogP contribution in [0, 0.1) is 18.8 Å². The summed E-state index contributed by atoms with van der Waals surface area (Å²) in [6.07, 6.45) is 0.657. The van der Waals surface area contributed by atoms with E-state index in [-0.39, 0.29) is 5.91 Å². The summed E-state index contributed by atoms with van der Waals surface area (Å²) in [7, 11) is 1.65. The summed E-state index contributed by atoms with van der Waals surface area (Å²) < 4.78 is 5.17. The van der Waals surface area contributed by atoms with Crippen molar-refractivity contribution in [1.82, 2.24) is 5.32 Å². The number of methoxy groups -OCH3 is 1. The van der Waals surface area contributed by atoms with Crippen LogP contribution < -0.4 is 10.1 Å². The predicted octanol–water partition coefficient (Wildman–Crippen LogP) is 1.88. The van der Waals surface area contributed by atoms with Crippen molar-refractivity contribution in [3.8, 4) is 17.6 Å². The molecule has 3 heteroatoms. The summed E-state index contributed by atoms with van der Waals surface area (Å²) in [6, 6.07) is 5.83. The van der Waals surface area contributed by atoms with Gasteiger partial charge in [-0.3, -0.25) is 4.79 Å². The predicted molar refractivity (Wildman–Crippen MR) is 67.9 cm³/mol. The number of carbonyl (C=O) groups excluding carboxylic acids is 1. The van der Waals surface area contributed by atoms with Gasteiger partial charge in [0.05, 0.1) is 7.11 Å². The fraction of sp³-hybridized carbons (Fsp3) is 0.357. The number of amides is 1. The largest absolute Gasteiger partial charge is 0.496 e. The summed E-state index contributed by atoms with van der Waals surface area (Å²) in [5.41, 5.74) is 2.03. The number of nitrogens with one attached hydrogen (secondary N) is 1. The smallest absolute Gasteiger partial charge is 0.216 e. The van der Waals surface area contributed by atoms with Gasteiger partial charge in [-0.25, -0.2) is 0 Å². The number of benzene rings is 1. The van der Waals surface area contributed by atoms with E-state index < -0.39 is 0 Å². The maximum absolute atomic E-state index is 10.6. The third-order valence-corrected chi connectivity index (χ3v) is 2.25. The lowest BCUT2D eigenvalue weighted by Gasteiger charge is -2.03. The zero-order valence-corrected chi connectivity index (χ0v) is 10.5. The Morgan fingerprint density at radius 1 is 1.47 bits per heavy atom. The number of ether oxygens (including phenoxy) is 1. The van der Waals surface area contributed by atoms with Crippen LogP contribution in [0.5, 0.6) is 5.75 Å². The highest BCUT2D eigenvalue weighted by Gasteiger charge is 1.97. The zero-order chi connectivity index (χ0) is 12.7. The highest BCUT2D eigenvalue weighted by Crippen LogP contribution is 2.17. The van der Waals surface area contributed by atoms with E-state index in [1.165, 1.54) is 6.92 Å². The number of carbonyl (C=O) groups is 1. The average molecular weight is 231 g/mol. The second-order valence-electron chi connectivity index (χ2n) is 3.72. The van der Waals surface area contributed by atoms with Crippen LogP contribution in [-0.4, -0.2) is 19.6 Å². The Bertz CT molecular complexity index is 455. The molecule has 1 aromatic carbocycles. The monoisotopic (exact) mass is 231 g/mol. The van der Waals surface area contributed by atoms with Crippen molar-refractivity contribution in [1.29, 1.82) is 0 Å². The summed E-state index contributed by atoms with van der Waals surface area (Å²) in [4.78, 5) is 10.6. The molecule has 0 aliphatic heterocycles. The van der Waals surface area contributed by atoms with Crippen LogP contribution in [0.2, 0.25) is 0 Å². The first-order chi connectivity index (χ1) is 8.13. The van der Waals surface area contributed by atoms with Gasteiger partial charge in [-0.05, 0) is 30.7 Å². The molecule has 0 atom stereocenters. The van der Waals surface area contributed by atoms with Crippen molar-refractivity contribution in [3.63, 3.8) is 0 Å². The molecule has 0 fully saturated rings. The maximum Gasteiger partial charge on any atom is 0.216 e. The van der Waals surface area contributed by atoms with Crippen molar-refractivity contribution in [2.75, 3.05) is 13.7 Å². The minimum atomic E-state index is -0.0212. The molecular weight excluding hydrogens is 214 g/mol. The molecule has 0 spiro atoms. The topological polar surface area (TPSA) is 38.3 Å². The molecule has 0 aliphatic rings. The van der Waals surface area contributed by atoms with Crippen LogP contribution in [-0.2, 0) is 4.79 Å². The summed E-state index contributed by atoms with van der Waals surface area (Å²) in [5, 5.41) is 2.70. The Kier molecular flexibility index (Phi) is 5.09. The Labute approximate surface area is 102 Å². The molecule has 0 saturated heterocycles. The van der Waals surface area contributed by atoms with Crippen LogP contribution in [0.1, 0.15) is 24.5 Å². The molecule has 0 aliphatic carbocycles. The van der Waals surface area contributed by atoms with Crippen LogP contribution in [0.15, 0.2) is 18.2 Å². The van der Waals surface area contributed by atoms with Crippen LogP contribution in [0.4, 0.5) is 0 Å². The summed E-state index contributed by atoms with van der Waals surface area (Å²) in [5.74, 6) is 6.92. The molecule has 0 aromatic heterocycles. The standard InChI is InChI=1S/C14H17NO2/c1-11-10-13(7-8-14(11)17-3)6-4-5-9-15-12(2)16/h7-8,10H,5,9H2,1-3H3,(H,15,16). The molecule has 0 saturated carbocycles. The molecule has 1 rings (SSSR count). The fourth-order valence-corrected chi connectivity index (χ4v) is 1.42. The molecule has 1 amide bonds. The maximum atomic E-state index is 10.6. The number of hydrogen-bond donors (Lipinski definition) is 1. The van der Waals surface area contributed by atoms with Gasteiger partial charge in [0, 0.05) is 25.5 Å². The fourth-order valence-electron chi connectivity index (χ4n) is 1.42. The molecule has 0 heterocycles. The van der Waals surface area contributed by atoms with Crippen molar-refractivity contribution < 1.29 is 9.53 Å². The van der Waals surface area contributed by atoms with E-state index in [9.17, 15) is 4.79 Å². The van der Waals surface area contributed by atoms with E-state index in [1.807, 2.05) is 25.1 Å². The minimum Gasteiger partial charge on any atom is -0.496 e. The number of hydrogen-bond acceptors (Lipinski definition) is 2. The Balaban J connectivity index is 2.54. The molecule has 90 valence electrons. The van der Waals surface area contributed by atoms with E-state index in [1.54, 1.807) is 7.11 Å². The van der Waals surface area contributed by atoms with E-state index in [0.29, 0.717) is 13.0 Å². The van der Waals surface area contributed by atoms with Gasteiger partial charge >= 0.3 is 0 Å². The lowest BCUT2D eigenvalue weighted by Crippen LogP contribution is -2.20. The van der Waals surface area contributed by atoms with Gasteiger partial charge in [-0.2, -0.15) is 0 Å². The van der Waals surface area contributed by atoms with Gasteiger partial charge in [0.15, 0.2) is 0 Å². The normalized spacial score (nSPS) is 9.12. The molecule has 0 unspecified atom stereocenters. The Morgan fingerprint density at radius 2 is 2.24 bits per heavy atom. The van der Waals surface area contributed by atoms with Crippen molar-refractivity contribution in [2.45, 2.75) is 20.3 Å². The van der Waals surface area contributed by atoms with E-state index in [4.69, 9.17) is 4.74 Å². The first kappa shape index (κ1) is 13.1. The minimum absolute atomic E-state index is 0.0212. The van der Waals surface area contributed by atoms with Gasteiger partial charge in [-0.1, -0.05) is 11.8 Å². The second-order valence-corrected chi connectivity index (χ2v) is 3.72. The first-order valence-electron chi connectivity index (χ1n) is 5.51. The molecule has 1 N–H and O–H groups in total. The summed E-state index contributed by atoms with van der Waals surface area (Å²) in [6.45, 7) is 4.08. The van der Waals surface area contributed by atoms with Crippen LogP contribution in [0.25, 0.3) is 0 Å². The molecule has 3 nitrogen and oxygen atoms in total. The summed E-state index contributed by atoms with van der Waals surface area (Å²) >= 11 is 0. The van der Waals surface area contributed by atoms with Gasteiger partial charge < -0.3 is 10.1 Å². The number of aryl methyl sites for hydroxylation is 1. The third-order valence-electron chi connectivity index (χ3n) is 2.25. The van der Waals surface area contributed by atoms with Crippen molar-refractivity contribution in [3.05, 3.63) is 29.3 Å². The molecular formula is C14H17NO2. The van der Waals surface area contributed by atoms with Crippen molar-refractivity contribution >= 4 is 5.91 Å². The van der Waals surface area contributed by atoms with E-state index in [2.05, 4.69) is 17.2 Å². The SMILES string of the molecule is COc1ccc(C#CCCNC(C)=O)cc1C.